The molecule has 122 valence electrons. The van der Waals surface area contributed by atoms with Crippen molar-refractivity contribution in [1.29, 1.82) is 5.26 Å². The number of carboxylic acids is 1. The number of rotatable bonds is 8. The normalized spacial score (nSPS) is 12.1. The van der Waals surface area contributed by atoms with E-state index in [0.717, 1.165) is 6.20 Å². The number of carboxylic acid groups (broad SMARTS) is 1. The van der Waals surface area contributed by atoms with E-state index in [1.54, 1.807) is 6.07 Å². The van der Waals surface area contributed by atoms with E-state index < -0.39 is 23.7 Å². The van der Waals surface area contributed by atoms with Gasteiger partial charge >= 0.3 is 5.97 Å². The van der Waals surface area contributed by atoms with Crippen molar-refractivity contribution < 1.29 is 19.1 Å². The molecule has 0 spiro atoms. The third kappa shape index (κ3) is 6.40. The highest BCUT2D eigenvalue weighted by atomic mass is 32.2. The predicted molar refractivity (Wildman–Crippen MR) is 86.3 cm³/mol. The fraction of sp³-hybridized carbons (Fsp3) is 0.267. The zero-order valence-corrected chi connectivity index (χ0v) is 13.2. The van der Waals surface area contributed by atoms with Crippen molar-refractivity contribution in [3.8, 4) is 6.07 Å². The topological polar surface area (TPSA) is 102 Å². The summed E-state index contributed by atoms with van der Waals surface area (Å²) in [6.07, 6.45) is 3.29. The number of aliphatic carboxylic acids is 1. The van der Waals surface area contributed by atoms with Gasteiger partial charge in [0, 0.05) is 11.9 Å². The highest BCUT2D eigenvalue weighted by molar-refractivity contribution is 7.98. The number of anilines is 1. The Morgan fingerprint density at radius 1 is 1.43 bits per heavy atom. The number of benzene rings is 1. The molecule has 0 saturated carbocycles. The van der Waals surface area contributed by atoms with Crippen molar-refractivity contribution in [2.75, 3.05) is 17.3 Å². The molecular weight excluding hydrogens is 321 g/mol. The molecule has 0 radical (unpaired) electrons. The lowest BCUT2D eigenvalue weighted by Crippen LogP contribution is -2.34. The molecule has 1 atom stereocenters. The lowest BCUT2D eigenvalue weighted by molar-refractivity contribution is -0.139. The number of nitriles is 1. The van der Waals surface area contributed by atoms with Crippen LogP contribution in [0.25, 0.3) is 0 Å². The van der Waals surface area contributed by atoms with E-state index in [-0.39, 0.29) is 5.57 Å². The van der Waals surface area contributed by atoms with E-state index in [1.165, 1.54) is 36.0 Å². The molecule has 0 aromatic heterocycles. The fourth-order valence-electron chi connectivity index (χ4n) is 1.58. The van der Waals surface area contributed by atoms with Crippen LogP contribution in [0.3, 0.4) is 0 Å². The number of thioether (sulfide) groups is 1. The molecule has 1 rings (SSSR count). The second-order valence-corrected chi connectivity index (χ2v) is 5.46. The van der Waals surface area contributed by atoms with Crippen molar-refractivity contribution in [3.05, 3.63) is 41.9 Å². The van der Waals surface area contributed by atoms with Gasteiger partial charge in [-0.2, -0.15) is 17.0 Å². The summed E-state index contributed by atoms with van der Waals surface area (Å²) >= 11 is 1.50. The number of carbonyl (C=O) groups excluding carboxylic acids is 1. The molecule has 0 heterocycles. The summed E-state index contributed by atoms with van der Waals surface area (Å²) in [4.78, 5) is 23.0. The largest absolute Gasteiger partial charge is 0.480 e. The van der Waals surface area contributed by atoms with Gasteiger partial charge < -0.3 is 15.7 Å². The molecule has 8 heteroatoms. The Bertz CT molecular complexity index is 626. The maximum Gasteiger partial charge on any atom is 0.326 e. The first kappa shape index (κ1) is 18.5. The van der Waals surface area contributed by atoms with Crippen LogP contribution in [0.5, 0.6) is 0 Å². The Morgan fingerprint density at radius 3 is 2.61 bits per heavy atom. The zero-order chi connectivity index (χ0) is 17.2. The third-order valence-corrected chi connectivity index (χ3v) is 3.45. The summed E-state index contributed by atoms with van der Waals surface area (Å²) in [6.45, 7) is 0. The maximum atomic E-state index is 12.8. The van der Waals surface area contributed by atoms with Crippen molar-refractivity contribution in [1.82, 2.24) is 5.32 Å². The van der Waals surface area contributed by atoms with Crippen LogP contribution in [0.4, 0.5) is 10.1 Å². The summed E-state index contributed by atoms with van der Waals surface area (Å²) in [7, 11) is 0. The Hall–Kier alpha value is -2.53. The summed E-state index contributed by atoms with van der Waals surface area (Å²) in [5.41, 5.74) is 0.0550. The first-order valence-corrected chi connectivity index (χ1v) is 8.02. The number of nitrogens with one attached hydrogen (secondary N) is 2. The molecule has 0 aliphatic rings. The highest BCUT2D eigenvalue weighted by Crippen LogP contribution is 2.10. The average Bonchev–Trinajstić information content (AvgIpc) is 2.52. The molecule has 0 fully saturated rings. The van der Waals surface area contributed by atoms with Crippen LogP contribution < -0.4 is 10.6 Å². The quantitative estimate of drug-likeness (QED) is 0.495. The molecule has 3 N–H and O–H groups in total. The Morgan fingerprint density at radius 2 is 2.09 bits per heavy atom. The zero-order valence-electron chi connectivity index (χ0n) is 12.4. The van der Waals surface area contributed by atoms with Crippen molar-refractivity contribution in [3.63, 3.8) is 0 Å². The molecule has 1 aromatic carbocycles. The van der Waals surface area contributed by atoms with Gasteiger partial charge in [-0.25, -0.2) is 9.18 Å². The van der Waals surface area contributed by atoms with Gasteiger partial charge in [-0.3, -0.25) is 4.79 Å². The molecule has 1 unspecified atom stereocenters. The van der Waals surface area contributed by atoms with Crippen LogP contribution in [0.2, 0.25) is 0 Å². The fourth-order valence-corrected chi connectivity index (χ4v) is 2.05. The number of carbonyl (C=O) groups is 2. The van der Waals surface area contributed by atoms with Gasteiger partial charge in [0.05, 0.1) is 0 Å². The lowest BCUT2D eigenvalue weighted by Gasteiger charge is -2.12. The number of amides is 1. The first-order chi connectivity index (χ1) is 11.0. The Kier molecular flexibility index (Phi) is 7.63. The third-order valence-electron chi connectivity index (χ3n) is 2.80. The van der Waals surface area contributed by atoms with Gasteiger partial charge in [-0.05, 0) is 42.7 Å². The Labute approximate surface area is 137 Å². The van der Waals surface area contributed by atoms with Crippen molar-refractivity contribution >= 4 is 29.3 Å². The SMILES string of the molecule is CSCCC(N/C=C(/C#N)C(=O)Nc1ccc(F)cc1)C(=O)O. The van der Waals surface area contributed by atoms with Gasteiger partial charge in [0.1, 0.15) is 23.5 Å². The number of nitrogens with zero attached hydrogens (tertiary/aromatic N) is 1. The number of halogens is 1. The minimum absolute atomic E-state index is 0.273. The van der Waals surface area contributed by atoms with Gasteiger partial charge in [0.2, 0.25) is 0 Å². The molecule has 0 aliphatic heterocycles. The van der Waals surface area contributed by atoms with Gasteiger partial charge in [-0.1, -0.05) is 0 Å². The first-order valence-electron chi connectivity index (χ1n) is 6.63. The molecule has 6 nitrogen and oxygen atoms in total. The maximum absolute atomic E-state index is 12.8. The summed E-state index contributed by atoms with van der Waals surface area (Å²) < 4.78 is 12.8. The molecule has 1 amide bonds. The molecule has 1 aromatic rings. The predicted octanol–water partition coefficient (Wildman–Crippen LogP) is 1.97. The summed E-state index contributed by atoms with van der Waals surface area (Å²) in [5.74, 6) is -1.59. The Balaban J connectivity index is 2.73. The standard InChI is InChI=1S/C15H16FN3O3S/c1-23-7-6-13(15(21)22)18-9-10(8-17)14(20)19-12-4-2-11(16)3-5-12/h2-5,9,13,18H,6-7H2,1H3,(H,19,20)(H,21,22)/b10-9-. The van der Waals surface area contributed by atoms with E-state index in [0.29, 0.717) is 17.9 Å². The van der Waals surface area contributed by atoms with Crippen LogP contribution in [-0.4, -0.2) is 35.0 Å². The van der Waals surface area contributed by atoms with Crippen LogP contribution in [0.15, 0.2) is 36.0 Å². The molecular formula is C15H16FN3O3S. The number of hydrogen-bond acceptors (Lipinski definition) is 5. The van der Waals surface area contributed by atoms with Crippen molar-refractivity contribution in [2.45, 2.75) is 12.5 Å². The molecule has 0 saturated heterocycles. The van der Waals surface area contributed by atoms with E-state index in [9.17, 15) is 14.0 Å². The minimum Gasteiger partial charge on any atom is -0.480 e. The van der Waals surface area contributed by atoms with E-state index in [4.69, 9.17) is 10.4 Å². The van der Waals surface area contributed by atoms with E-state index in [2.05, 4.69) is 10.6 Å². The molecule has 23 heavy (non-hydrogen) atoms. The second kappa shape index (κ2) is 9.48. The van der Waals surface area contributed by atoms with Crippen LogP contribution in [-0.2, 0) is 9.59 Å². The summed E-state index contributed by atoms with van der Waals surface area (Å²) in [5, 5.41) is 23.1. The van der Waals surface area contributed by atoms with E-state index in [1.807, 2.05) is 6.26 Å². The second-order valence-electron chi connectivity index (χ2n) is 4.47. The average molecular weight is 337 g/mol. The lowest BCUT2D eigenvalue weighted by atomic mass is 10.2. The molecule has 0 aliphatic carbocycles. The van der Waals surface area contributed by atoms with Gasteiger partial charge in [0.25, 0.3) is 5.91 Å². The number of hydrogen-bond donors (Lipinski definition) is 3. The van der Waals surface area contributed by atoms with Gasteiger partial charge in [0.15, 0.2) is 0 Å². The highest BCUT2D eigenvalue weighted by Gasteiger charge is 2.16. The van der Waals surface area contributed by atoms with Crippen LogP contribution in [0, 0.1) is 17.1 Å². The van der Waals surface area contributed by atoms with Crippen molar-refractivity contribution in [2.24, 2.45) is 0 Å². The van der Waals surface area contributed by atoms with Crippen LogP contribution >= 0.6 is 11.8 Å². The van der Waals surface area contributed by atoms with Gasteiger partial charge in [-0.15, -0.1) is 0 Å². The minimum atomic E-state index is -1.06. The smallest absolute Gasteiger partial charge is 0.326 e. The summed E-state index contributed by atoms with van der Waals surface area (Å²) in [6, 6.07) is 5.87. The monoisotopic (exact) mass is 337 g/mol. The molecule has 0 bridgehead atoms. The van der Waals surface area contributed by atoms with E-state index >= 15 is 0 Å². The van der Waals surface area contributed by atoms with Crippen LogP contribution in [0.1, 0.15) is 6.42 Å².